The lowest BCUT2D eigenvalue weighted by atomic mass is 10.1. The smallest absolute Gasteiger partial charge is 0.259 e. The van der Waals surface area contributed by atoms with Crippen molar-refractivity contribution in [2.75, 3.05) is 46.9 Å². The highest BCUT2D eigenvalue weighted by molar-refractivity contribution is 7.17. The minimum absolute atomic E-state index is 0.0714. The molecule has 0 bridgehead atoms. The van der Waals surface area contributed by atoms with E-state index < -0.39 is 5.91 Å². The molecule has 0 aliphatic carbocycles. The van der Waals surface area contributed by atoms with Crippen LogP contribution in [0.3, 0.4) is 0 Å². The molecule has 1 aliphatic rings. The Labute approximate surface area is 168 Å². The third-order valence-electron chi connectivity index (χ3n) is 4.67. The third kappa shape index (κ3) is 4.52. The number of amides is 2. The maximum atomic E-state index is 12.6. The molecular formula is C20H25N3O4S. The summed E-state index contributed by atoms with van der Waals surface area (Å²) in [6, 6.07) is 6.93. The van der Waals surface area contributed by atoms with Gasteiger partial charge in [-0.25, -0.2) is 0 Å². The van der Waals surface area contributed by atoms with Crippen molar-refractivity contribution in [1.29, 1.82) is 0 Å². The van der Waals surface area contributed by atoms with Gasteiger partial charge in [0.15, 0.2) is 0 Å². The molecule has 3 N–H and O–H groups in total. The summed E-state index contributed by atoms with van der Waals surface area (Å²) >= 11 is 1.31. The maximum Gasteiger partial charge on any atom is 0.259 e. The molecule has 1 aromatic carbocycles. The zero-order valence-electron chi connectivity index (χ0n) is 16.1. The van der Waals surface area contributed by atoms with Crippen LogP contribution in [0.25, 0.3) is 10.4 Å². The minimum atomic E-state index is -0.451. The number of nitrogens with two attached hydrogens (primary N) is 1. The molecule has 2 aromatic rings. The summed E-state index contributed by atoms with van der Waals surface area (Å²) < 4.78 is 5.26. The quantitative estimate of drug-likeness (QED) is 0.767. The first-order valence-corrected chi connectivity index (χ1v) is 9.96. The van der Waals surface area contributed by atoms with Crippen LogP contribution in [0.4, 0.5) is 0 Å². The number of thiophene rings is 1. The van der Waals surface area contributed by atoms with E-state index >= 15 is 0 Å². The second kappa shape index (κ2) is 8.72. The number of aromatic hydroxyl groups is 1. The molecule has 2 amide bonds. The van der Waals surface area contributed by atoms with Crippen molar-refractivity contribution in [2.24, 2.45) is 5.73 Å². The third-order valence-corrected chi connectivity index (χ3v) is 5.91. The van der Waals surface area contributed by atoms with E-state index in [-0.39, 0.29) is 17.2 Å². The van der Waals surface area contributed by atoms with Crippen LogP contribution in [0.15, 0.2) is 24.3 Å². The van der Waals surface area contributed by atoms with Gasteiger partial charge in [0.05, 0.1) is 23.7 Å². The summed E-state index contributed by atoms with van der Waals surface area (Å²) in [6.07, 6.45) is 0.710. The van der Waals surface area contributed by atoms with Crippen molar-refractivity contribution in [3.8, 4) is 16.2 Å². The predicted octanol–water partition coefficient (Wildman–Crippen LogP) is 1.80. The van der Waals surface area contributed by atoms with Crippen molar-refractivity contribution in [1.82, 2.24) is 9.80 Å². The first-order chi connectivity index (χ1) is 13.4. The number of rotatable bonds is 6. The summed E-state index contributed by atoms with van der Waals surface area (Å²) in [5.74, 6) is -0.728. The van der Waals surface area contributed by atoms with Gasteiger partial charge in [0.1, 0.15) is 5.75 Å². The van der Waals surface area contributed by atoms with Crippen molar-refractivity contribution in [3.63, 3.8) is 0 Å². The standard InChI is InChI=1S/C20H25N3O4S/c1-22(2)6-5-14-12-17(28-18(14)19(21)25)13-3-4-15(16(24)11-13)20(26)23-7-9-27-10-8-23/h3-4,11-12,24H,5-10H2,1-2H3,(H2,21,25). The Hall–Kier alpha value is -2.42. The first kappa shape index (κ1) is 20.3. The highest BCUT2D eigenvalue weighted by Crippen LogP contribution is 2.34. The van der Waals surface area contributed by atoms with Crippen LogP contribution in [0, 0.1) is 0 Å². The zero-order valence-corrected chi connectivity index (χ0v) is 16.9. The summed E-state index contributed by atoms with van der Waals surface area (Å²) in [7, 11) is 3.94. The Balaban J connectivity index is 1.86. The van der Waals surface area contributed by atoms with E-state index in [0.29, 0.717) is 37.6 Å². The molecule has 0 unspecified atom stereocenters. The summed E-state index contributed by atoms with van der Waals surface area (Å²) in [4.78, 5) is 29.5. The van der Waals surface area contributed by atoms with Gasteiger partial charge in [0, 0.05) is 24.5 Å². The summed E-state index contributed by atoms with van der Waals surface area (Å²) in [5, 5.41) is 10.4. The van der Waals surface area contributed by atoms with Crippen molar-refractivity contribution in [3.05, 3.63) is 40.3 Å². The van der Waals surface area contributed by atoms with Gasteiger partial charge in [-0.15, -0.1) is 11.3 Å². The lowest BCUT2D eigenvalue weighted by Crippen LogP contribution is -2.40. The predicted molar refractivity (Wildman–Crippen MR) is 109 cm³/mol. The normalized spacial score (nSPS) is 14.5. The minimum Gasteiger partial charge on any atom is -0.507 e. The van der Waals surface area contributed by atoms with Crippen molar-refractivity contribution >= 4 is 23.2 Å². The van der Waals surface area contributed by atoms with E-state index in [9.17, 15) is 14.7 Å². The molecule has 28 heavy (non-hydrogen) atoms. The number of hydrogen-bond donors (Lipinski definition) is 2. The molecule has 1 aliphatic heterocycles. The molecule has 0 radical (unpaired) electrons. The number of ether oxygens (including phenoxy) is 1. The average molecular weight is 404 g/mol. The van der Waals surface area contributed by atoms with E-state index in [1.807, 2.05) is 25.1 Å². The lowest BCUT2D eigenvalue weighted by molar-refractivity contribution is 0.0301. The molecule has 3 rings (SSSR count). The number of carbonyl (C=O) groups excluding carboxylic acids is 2. The van der Waals surface area contributed by atoms with Gasteiger partial charge in [-0.1, -0.05) is 6.07 Å². The number of primary amides is 1. The maximum absolute atomic E-state index is 12.6. The fourth-order valence-electron chi connectivity index (χ4n) is 3.11. The number of hydrogen-bond acceptors (Lipinski definition) is 6. The molecule has 1 saturated heterocycles. The Kier molecular flexibility index (Phi) is 6.33. The Bertz CT molecular complexity index is 872. The molecular weight excluding hydrogens is 378 g/mol. The van der Waals surface area contributed by atoms with E-state index in [1.54, 1.807) is 23.1 Å². The van der Waals surface area contributed by atoms with Crippen LogP contribution < -0.4 is 5.73 Å². The molecule has 0 spiro atoms. The fraction of sp³-hybridized carbons (Fsp3) is 0.400. The molecule has 7 nitrogen and oxygen atoms in total. The van der Waals surface area contributed by atoms with Crippen LogP contribution in [0.5, 0.6) is 5.75 Å². The van der Waals surface area contributed by atoms with E-state index in [4.69, 9.17) is 10.5 Å². The number of likely N-dealkylation sites (N-methyl/N-ethyl adjacent to an activating group) is 1. The van der Waals surface area contributed by atoms with E-state index in [1.165, 1.54) is 11.3 Å². The Morgan fingerprint density at radius 3 is 2.57 bits per heavy atom. The van der Waals surface area contributed by atoms with Crippen LogP contribution in [-0.2, 0) is 11.2 Å². The monoisotopic (exact) mass is 403 g/mol. The van der Waals surface area contributed by atoms with Crippen LogP contribution in [-0.4, -0.2) is 73.7 Å². The van der Waals surface area contributed by atoms with Crippen LogP contribution >= 0.6 is 11.3 Å². The van der Waals surface area contributed by atoms with Gasteiger partial charge in [-0.3, -0.25) is 9.59 Å². The van der Waals surface area contributed by atoms with Gasteiger partial charge in [0.25, 0.3) is 11.8 Å². The number of carbonyl (C=O) groups is 2. The van der Waals surface area contributed by atoms with E-state index in [2.05, 4.69) is 0 Å². The SMILES string of the molecule is CN(C)CCc1cc(-c2ccc(C(=O)N3CCOCC3)c(O)c2)sc1C(N)=O. The van der Waals surface area contributed by atoms with Crippen LogP contribution in [0.1, 0.15) is 25.6 Å². The molecule has 2 heterocycles. The topological polar surface area (TPSA) is 96.1 Å². The molecule has 0 saturated carbocycles. The molecule has 1 aromatic heterocycles. The average Bonchev–Trinajstić information content (AvgIpc) is 3.11. The molecule has 150 valence electrons. The van der Waals surface area contributed by atoms with Gasteiger partial charge in [-0.05, 0) is 49.8 Å². The van der Waals surface area contributed by atoms with Crippen molar-refractivity contribution < 1.29 is 19.4 Å². The van der Waals surface area contributed by atoms with Gasteiger partial charge in [0.2, 0.25) is 0 Å². The summed E-state index contributed by atoms with van der Waals surface area (Å²) in [6.45, 7) is 2.84. The van der Waals surface area contributed by atoms with Gasteiger partial charge >= 0.3 is 0 Å². The van der Waals surface area contributed by atoms with Crippen LogP contribution in [0.2, 0.25) is 0 Å². The summed E-state index contributed by atoms with van der Waals surface area (Å²) in [5.41, 5.74) is 7.45. The molecule has 1 fully saturated rings. The fourth-order valence-corrected chi connectivity index (χ4v) is 4.17. The number of phenolic OH excluding ortho intramolecular Hbond substituents is 1. The van der Waals surface area contributed by atoms with Gasteiger partial charge < -0.3 is 25.4 Å². The van der Waals surface area contributed by atoms with Gasteiger partial charge in [-0.2, -0.15) is 0 Å². The Morgan fingerprint density at radius 1 is 1.25 bits per heavy atom. The Morgan fingerprint density at radius 2 is 1.96 bits per heavy atom. The highest BCUT2D eigenvalue weighted by Gasteiger charge is 2.22. The zero-order chi connectivity index (χ0) is 20.3. The largest absolute Gasteiger partial charge is 0.507 e. The molecule has 0 atom stereocenters. The lowest BCUT2D eigenvalue weighted by Gasteiger charge is -2.27. The molecule has 8 heteroatoms. The number of nitrogens with zero attached hydrogens (tertiary/aromatic N) is 2. The number of phenols is 1. The first-order valence-electron chi connectivity index (χ1n) is 9.14. The number of morpholine rings is 1. The highest BCUT2D eigenvalue weighted by atomic mass is 32.1. The van der Waals surface area contributed by atoms with Crippen molar-refractivity contribution in [2.45, 2.75) is 6.42 Å². The second-order valence-corrected chi connectivity index (χ2v) is 8.07. The number of benzene rings is 1. The second-order valence-electron chi connectivity index (χ2n) is 7.02. The van der Waals surface area contributed by atoms with E-state index in [0.717, 1.165) is 22.5 Å².